The Kier molecular flexibility index (Phi) is 4.30. The van der Waals surface area contributed by atoms with Crippen LogP contribution in [-0.2, 0) is 0 Å². The maximum atomic E-state index is 13.9. The summed E-state index contributed by atoms with van der Waals surface area (Å²) in [5, 5.41) is 3.00. The number of nitrogens with one attached hydrogen (secondary N) is 1. The molecule has 1 N–H and O–H groups in total. The van der Waals surface area contributed by atoms with E-state index in [1.165, 1.54) is 17.7 Å². The van der Waals surface area contributed by atoms with Gasteiger partial charge in [-0.1, -0.05) is 45.8 Å². The quantitative estimate of drug-likeness (QED) is 0.834. The van der Waals surface area contributed by atoms with Gasteiger partial charge in [0, 0.05) is 4.47 Å². The number of carbonyl (C=O) groups is 1. The first-order valence-electron chi connectivity index (χ1n) is 7.37. The molecule has 0 aliphatic heterocycles. The first kappa shape index (κ1) is 15.2. The van der Waals surface area contributed by atoms with Crippen LogP contribution in [0.15, 0.2) is 46.9 Å². The van der Waals surface area contributed by atoms with Crippen LogP contribution < -0.4 is 5.32 Å². The number of hydrogen-bond donors (Lipinski definition) is 1. The number of amides is 1. The normalized spacial score (nSPS) is 15.4. The molecule has 4 heteroatoms. The zero-order valence-corrected chi connectivity index (χ0v) is 13.9. The first-order valence-corrected chi connectivity index (χ1v) is 8.16. The van der Waals surface area contributed by atoms with E-state index in [1.807, 2.05) is 31.2 Å². The molecule has 0 radical (unpaired) electrons. The van der Waals surface area contributed by atoms with Gasteiger partial charge in [-0.25, -0.2) is 4.39 Å². The zero-order chi connectivity index (χ0) is 15.7. The fraction of sp³-hybridized carbons (Fsp3) is 0.278. The highest BCUT2D eigenvalue weighted by Crippen LogP contribution is 2.41. The second-order valence-electron chi connectivity index (χ2n) is 5.82. The molecule has 0 bridgehead atoms. The topological polar surface area (TPSA) is 29.1 Å². The molecule has 1 atom stereocenters. The molecule has 2 nitrogen and oxygen atoms in total. The van der Waals surface area contributed by atoms with Gasteiger partial charge in [0.25, 0.3) is 5.91 Å². The van der Waals surface area contributed by atoms with Gasteiger partial charge in [-0.15, -0.1) is 0 Å². The highest BCUT2D eigenvalue weighted by Gasteiger charge is 2.33. The van der Waals surface area contributed by atoms with Crippen molar-refractivity contribution in [3.05, 3.63) is 69.4 Å². The van der Waals surface area contributed by atoms with Gasteiger partial charge in [0.1, 0.15) is 5.82 Å². The summed E-state index contributed by atoms with van der Waals surface area (Å²) in [4.78, 5) is 12.4. The molecule has 22 heavy (non-hydrogen) atoms. The van der Waals surface area contributed by atoms with Crippen LogP contribution in [0.25, 0.3) is 0 Å². The van der Waals surface area contributed by atoms with Crippen LogP contribution in [0, 0.1) is 18.7 Å². The minimum absolute atomic E-state index is 0.0496. The van der Waals surface area contributed by atoms with Crippen LogP contribution in [0.2, 0.25) is 0 Å². The van der Waals surface area contributed by atoms with E-state index in [4.69, 9.17) is 0 Å². The van der Waals surface area contributed by atoms with Crippen LogP contribution in [0.4, 0.5) is 4.39 Å². The molecule has 0 aromatic heterocycles. The maximum Gasteiger partial charge on any atom is 0.254 e. The zero-order valence-electron chi connectivity index (χ0n) is 12.3. The van der Waals surface area contributed by atoms with Crippen molar-refractivity contribution in [2.75, 3.05) is 0 Å². The maximum absolute atomic E-state index is 13.9. The predicted octanol–water partition coefficient (Wildman–Crippen LogP) is 4.78. The summed E-state index contributed by atoms with van der Waals surface area (Å²) in [7, 11) is 0. The van der Waals surface area contributed by atoms with Crippen molar-refractivity contribution in [1.82, 2.24) is 5.32 Å². The standard InChI is InChI=1S/C18H17BrFNO/c1-11-2-4-12(5-3-11)17(13-6-7-13)21-18(22)15-10-14(19)8-9-16(15)20/h2-5,8-10,13,17H,6-7H2,1H3,(H,21,22). The molecule has 1 saturated carbocycles. The highest BCUT2D eigenvalue weighted by molar-refractivity contribution is 9.10. The van der Waals surface area contributed by atoms with E-state index in [1.54, 1.807) is 6.07 Å². The molecular formula is C18H17BrFNO. The number of rotatable bonds is 4. The molecule has 3 rings (SSSR count). The summed E-state index contributed by atoms with van der Waals surface area (Å²) < 4.78 is 14.6. The first-order chi connectivity index (χ1) is 10.5. The second-order valence-corrected chi connectivity index (χ2v) is 6.74. The van der Waals surface area contributed by atoms with Crippen molar-refractivity contribution in [2.24, 2.45) is 5.92 Å². The molecule has 2 aromatic rings. The molecule has 1 unspecified atom stereocenters. The summed E-state index contributed by atoms with van der Waals surface area (Å²) in [5.74, 6) is -0.419. The fourth-order valence-electron chi connectivity index (χ4n) is 2.57. The van der Waals surface area contributed by atoms with E-state index >= 15 is 0 Å². The van der Waals surface area contributed by atoms with Crippen LogP contribution in [0.1, 0.15) is 40.4 Å². The summed E-state index contributed by atoms with van der Waals surface area (Å²) in [6.07, 6.45) is 2.19. The molecule has 0 saturated heterocycles. The summed E-state index contributed by atoms with van der Waals surface area (Å²) >= 11 is 3.28. The second kappa shape index (κ2) is 6.21. The van der Waals surface area contributed by atoms with Gasteiger partial charge < -0.3 is 5.32 Å². The van der Waals surface area contributed by atoms with E-state index in [2.05, 4.69) is 21.2 Å². The lowest BCUT2D eigenvalue weighted by Crippen LogP contribution is -2.30. The molecule has 1 amide bonds. The SMILES string of the molecule is Cc1ccc(C(NC(=O)c2cc(Br)ccc2F)C2CC2)cc1. The Hall–Kier alpha value is -1.68. The Bertz CT molecular complexity index is 695. The average Bonchev–Trinajstić information content (AvgIpc) is 3.33. The lowest BCUT2D eigenvalue weighted by Gasteiger charge is -2.19. The lowest BCUT2D eigenvalue weighted by molar-refractivity contribution is 0.0927. The van der Waals surface area contributed by atoms with Crippen molar-refractivity contribution in [3.8, 4) is 0 Å². The van der Waals surface area contributed by atoms with Gasteiger partial charge in [-0.2, -0.15) is 0 Å². The predicted molar refractivity (Wildman–Crippen MR) is 88.2 cm³/mol. The van der Waals surface area contributed by atoms with Crippen molar-refractivity contribution in [2.45, 2.75) is 25.8 Å². The largest absolute Gasteiger partial charge is 0.345 e. The highest BCUT2D eigenvalue weighted by atomic mass is 79.9. The van der Waals surface area contributed by atoms with Gasteiger partial charge in [0.15, 0.2) is 0 Å². The molecule has 0 heterocycles. The van der Waals surface area contributed by atoms with Crippen LogP contribution in [0.5, 0.6) is 0 Å². The minimum atomic E-state index is -0.501. The Labute approximate surface area is 137 Å². The average molecular weight is 362 g/mol. The molecule has 114 valence electrons. The number of carbonyl (C=O) groups excluding carboxylic acids is 1. The van der Waals surface area contributed by atoms with Crippen molar-refractivity contribution in [1.29, 1.82) is 0 Å². The Morgan fingerprint density at radius 1 is 1.23 bits per heavy atom. The molecule has 1 aliphatic rings. The van der Waals surface area contributed by atoms with E-state index in [-0.39, 0.29) is 17.5 Å². The Balaban J connectivity index is 1.83. The fourth-order valence-corrected chi connectivity index (χ4v) is 2.93. The van der Waals surface area contributed by atoms with Gasteiger partial charge in [0.2, 0.25) is 0 Å². The smallest absolute Gasteiger partial charge is 0.254 e. The third-order valence-electron chi connectivity index (χ3n) is 3.99. The number of hydrogen-bond acceptors (Lipinski definition) is 1. The van der Waals surface area contributed by atoms with E-state index in [9.17, 15) is 9.18 Å². The van der Waals surface area contributed by atoms with Crippen molar-refractivity contribution >= 4 is 21.8 Å². The molecule has 0 spiro atoms. The molecule has 1 aliphatic carbocycles. The van der Waals surface area contributed by atoms with E-state index in [0.717, 1.165) is 18.4 Å². The lowest BCUT2D eigenvalue weighted by atomic mass is 10.0. The minimum Gasteiger partial charge on any atom is -0.345 e. The Morgan fingerprint density at radius 3 is 2.55 bits per heavy atom. The van der Waals surface area contributed by atoms with Crippen LogP contribution in [-0.4, -0.2) is 5.91 Å². The van der Waals surface area contributed by atoms with Crippen molar-refractivity contribution in [3.63, 3.8) is 0 Å². The van der Waals surface area contributed by atoms with Crippen LogP contribution >= 0.6 is 15.9 Å². The third-order valence-corrected chi connectivity index (χ3v) is 4.48. The van der Waals surface area contributed by atoms with Gasteiger partial charge >= 0.3 is 0 Å². The molecule has 2 aromatic carbocycles. The monoisotopic (exact) mass is 361 g/mol. The van der Waals surface area contributed by atoms with Crippen molar-refractivity contribution < 1.29 is 9.18 Å². The van der Waals surface area contributed by atoms with E-state index in [0.29, 0.717) is 10.4 Å². The summed E-state index contributed by atoms with van der Waals surface area (Å²) in [6, 6.07) is 12.5. The summed E-state index contributed by atoms with van der Waals surface area (Å²) in [6.45, 7) is 2.03. The van der Waals surface area contributed by atoms with Crippen LogP contribution in [0.3, 0.4) is 0 Å². The summed E-state index contributed by atoms with van der Waals surface area (Å²) in [5.41, 5.74) is 2.34. The number of aryl methyl sites for hydroxylation is 1. The third kappa shape index (κ3) is 3.38. The van der Waals surface area contributed by atoms with Gasteiger partial charge in [-0.3, -0.25) is 4.79 Å². The van der Waals surface area contributed by atoms with E-state index < -0.39 is 5.82 Å². The number of benzene rings is 2. The number of halogens is 2. The molecule has 1 fully saturated rings. The Morgan fingerprint density at radius 2 is 1.91 bits per heavy atom. The van der Waals surface area contributed by atoms with Gasteiger partial charge in [-0.05, 0) is 49.4 Å². The van der Waals surface area contributed by atoms with Gasteiger partial charge in [0.05, 0.1) is 11.6 Å². The molecular weight excluding hydrogens is 345 g/mol.